The SMILES string of the molecule is C=CC(=O)N1CCCc2cc(C(=O)N3CC(CC(F)F)(C4CC4)C3)ccc21. The summed E-state index contributed by atoms with van der Waals surface area (Å²) in [7, 11) is 0. The van der Waals surface area contributed by atoms with Crippen molar-refractivity contribution in [3.05, 3.63) is 42.0 Å². The molecule has 0 atom stereocenters. The quantitative estimate of drug-likeness (QED) is 0.738. The van der Waals surface area contributed by atoms with Crippen molar-refractivity contribution in [3.8, 4) is 0 Å². The van der Waals surface area contributed by atoms with Crippen molar-refractivity contribution in [2.45, 2.75) is 38.5 Å². The number of nitrogens with zero attached hydrogens (tertiary/aromatic N) is 2. The first-order chi connectivity index (χ1) is 12.9. The van der Waals surface area contributed by atoms with Gasteiger partial charge < -0.3 is 9.80 Å². The topological polar surface area (TPSA) is 40.6 Å². The molecule has 1 aromatic carbocycles. The van der Waals surface area contributed by atoms with Gasteiger partial charge in [0, 0.05) is 42.7 Å². The molecule has 0 unspecified atom stereocenters. The number of hydrogen-bond donors (Lipinski definition) is 0. The summed E-state index contributed by atoms with van der Waals surface area (Å²) >= 11 is 0. The second-order valence-electron chi connectivity index (χ2n) is 8.03. The van der Waals surface area contributed by atoms with Crippen LogP contribution in [-0.2, 0) is 11.2 Å². The zero-order chi connectivity index (χ0) is 19.2. The normalized spacial score (nSPS) is 20.9. The fourth-order valence-corrected chi connectivity index (χ4v) is 4.67. The number of alkyl halides is 2. The lowest BCUT2D eigenvalue weighted by Crippen LogP contribution is -2.60. The molecule has 3 aliphatic rings. The van der Waals surface area contributed by atoms with Gasteiger partial charge in [-0.3, -0.25) is 9.59 Å². The number of amides is 2. The highest BCUT2D eigenvalue weighted by Crippen LogP contribution is 2.54. The van der Waals surface area contributed by atoms with E-state index in [2.05, 4.69) is 6.58 Å². The summed E-state index contributed by atoms with van der Waals surface area (Å²) in [5.74, 6) is 0.104. The van der Waals surface area contributed by atoms with Gasteiger partial charge in [-0.15, -0.1) is 0 Å². The number of aryl methyl sites for hydroxylation is 1. The number of carbonyl (C=O) groups is 2. The van der Waals surface area contributed by atoms with Crippen LogP contribution in [0.15, 0.2) is 30.9 Å². The van der Waals surface area contributed by atoms with Gasteiger partial charge in [0.25, 0.3) is 5.91 Å². The zero-order valence-corrected chi connectivity index (χ0v) is 15.3. The van der Waals surface area contributed by atoms with Gasteiger partial charge in [0.05, 0.1) is 0 Å². The van der Waals surface area contributed by atoms with Crippen molar-refractivity contribution in [2.75, 3.05) is 24.5 Å². The molecule has 144 valence electrons. The van der Waals surface area contributed by atoms with Gasteiger partial charge in [0.15, 0.2) is 0 Å². The van der Waals surface area contributed by atoms with E-state index in [4.69, 9.17) is 0 Å². The van der Waals surface area contributed by atoms with Gasteiger partial charge in [0.2, 0.25) is 12.3 Å². The minimum atomic E-state index is -2.32. The molecule has 6 heteroatoms. The van der Waals surface area contributed by atoms with Gasteiger partial charge in [0.1, 0.15) is 0 Å². The van der Waals surface area contributed by atoms with Crippen molar-refractivity contribution in [2.24, 2.45) is 11.3 Å². The van der Waals surface area contributed by atoms with Gasteiger partial charge >= 0.3 is 0 Å². The van der Waals surface area contributed by atoms with Crippen molar-refractivity contribution in [3.63, 3.8) is 0 Å². The molecule has 2 amide bonds. The first-order valence-electron chi connectivity index (χ1n) is 9.58. The Morgan fingerprint density at radius 3 is 2.67 bits per heavy atom. The molecule has 4 nitrogen and oxygen atoms in total. The molecule has 1 aliphatic carbocycles. The summed E-state index contributed by atoms with van der Waals surface area (Å²) in [4.78, 5) is 28.2. The number of likely N-dealkylation sites (tertiary alicyclic amines) is 1. The van der Waals surface area contributed by atoms with Crippen LogP contribution in [-0.4, -0.2) is 42.8 Å². The number of hydrogen-bond acceptors (Lipinski definition) is 2. The van der Waals surface area contributed by atoms with Crippen molar-refractivity contribution >= 4 is 17.5 Å². The molecular weight excluding hydrogens is 350 g/mol. The molecule has 0 radical (unpaired) electrons. The molecule has 0 spiro atoms. The molecule has 4 rings (SSSR count). The maximum atomic E-state index is 13.0. The van der Waals surface area contributed by atoms with E-state index in [9.17, 15) is 18.4 Å². The number of benzene rings is 1. The summed E-state index contributed by atoms with van der Waals surface area (Å²) in [5.41, 5.74) is 1.99. The van der Waals surface area contributed by atoms with E-state index in [0.29, 0.717) is 31.1 Å². The first kappa shape index (κ1) is 18.1. The summed E-state index contributed by atoms with van der Waals surface area (Å²) < 4.78 is 25.9. The molecular formula is C21H24F2N2O2. The first-order valence-corrected chi connectivity index (χ1v) is 9.58. The monoisotopic (exact) mass is 374 g/mol. The number of fused-ring (bicyclic) bond motifs is 1. The van der Waals surface area contributed by atoms with Crippen molar-refractivity contribution in [1.29, 1.82) is 0 Å². The minimum absolute atomic E-state index is 0.101. The average Bonchev–Trinajstić information content (AvgIpc) is 3.47. The lowest BCUT2D eigenvalue weighted by atomic mass is 9.72. The molecule has 27 heavy (non-hydrogen) atoms. The van der Waals surface area contributed by atoms with E-state index in [1.54, 1.807) is 15.9 Å². The van der Waals surface area contributed by atoms with E-state index in [1.807, 2.05) is 12.1 Å². The van der Waals surface area contributed by atoms with Crippen LogP contribution in [0.3, 0.4) is 0 Å². The van der Waals surface area contributed by atoms with E-state index in [1.165, 1.54) is 6.08 Å². The highest BCUT2D eigenvalue weighted by molar-refractivity contribution is 6.02. The molecule has 0 N–H and O–H groups in total. The van der Waals surface area contributed by atoms with Crippen LogP contribution in [0, 0.1) is 11.3 Å². The largest absolute Gasteiger partial charge is 0.337 e. The third kappa shape index (κ3) is 3.26. The molecule has 2 aliphatic heterocycles. The Kier molecular flexibility index (Phi) is 4.52. The van der Waals surface area contributed by atoms with Crippen LogP contribution in [0.5, 0.6) is 0 Å². The third-order valence-electron chi connectivity index (χ3n) is 6.19. The van der Waals surface area contributed by atoms with Crippen LogP contribution in [0.25, 0.3) is 0 Å². The van der Waals surface area contributed by atoms with Gasteiger partial charge in [-0.2, -0.15) is 0 Å². The molecule has 2 fully saturated rings. The van der Waals surface area contributed by atoms with Crippen LogP contribution in [0.2, 0.25) is 0 Å². The highest BCUT2D eigenvalue weighted by Gasteiger charge is 2.55. The fraction of sp³-hybridized carbons (Fsp3) is 0.524. The van der Waals surface area contributed by atoms with E-state index >= 15 is 0 Å². The van der Waals surface area contributed by atoms with Gasteiger partial charge in [-0.05, 0) is 61.4 Å². The third-order valence-corrected chi connectivity index (χ3v) is 6.19. The number of rotatable bonds is 5. The van der Waals surface area contributed by atoms with E-state index in [0.717, 1.165) is 36.9 Å². The summed E-state index contributed by atoms with van der Waals surface area (Å²) in [6.45, 7) is 5.05. The standard InChI is InChI=1S/C21H24F2N2O2/c1-2-19(26)25-9-3-4-14-10-15(5-8-17(14)25)20(27)24-12-21(13-24,11-18(22)23)16-6-7-16/h2,5,8,10,16,18H,1,3-4,6-7,9,11-13H2. The maximum absolute atomic E-state index is 13.0. The fourth-order valence-electron chi connectivity index (χ4n) is 4.67. The Hall–Kier alpha value is -2.24. The number of anilines is 1. The van der Waals surface area contributed by atoms with Crippen molar-refractivity contribution in [1.82, 2.24) is 4.90 Å². The van der Waals surface area contributed by atoms with Crippen LogP contribution in [0.4, 0.5) is 14.5 Å². The Bertz CT molecular complexity index is 782. The Morgan fingerprint density at radius 1 is 1.30 bits per heavy atom. The molecule has 1 aromatic rings. The van der Waals surface area contributed by atoms with Crippen LogP contribution >= 0.6 is 0 Å². The second-order valence-corrected chi connectivity index (χ2v) is 8.03. The summed E-state index contributed by atoms with van der Waals surface area (Å²) in [5, 5.41) is 0. The Balaban J connectivity index is 1.49. The predicted octanol–water partition coefficient (Wildman–Crippen LogP) is 3.66. The number of halogens is 2. The lowest BCUT2D eigenvalue weighted by Gasteiger charge is -2.51. The summed E-state index contributed by atoms with van der Waals surface area (Å²) in [6.07, 6.45) is 2.53. The zero-order valence-electron chi connectivity index (χ0n) is 15.3. The maximum Gasteiger partial charge on any atom is 0.253 e. The van der Waals surface area contributed by atoms with E-state index < -0.39 is 6.43 Å². The minimum Gasteiger partial charge on any atom is -0.337 e. The number of carbonyl (C=O) groups excluding carboxylic acids is 2. The smallest absolute Gasteiger partial charge is 0.253 e. The highest BCUT2D eigenvalue weighted by atomic mass is 19.3. The predicted molar refractivity (Wildman–Crippen MR) is 99.0 cm³/mol. The molecule has 1 saturated heterocycles. The second kappa shape index (κ2) is 6.73. The van der Waals surface area contributed by atoms with Gasteiger partial charge in [-0.25, -0.2) is 8.78 Å². The molecule has 0 aromatic heterocycles. The van der Waals surface area contributed by atoms with Gasteiger partial charge in [-0.1, -0.05) is 6.58 Å². The van der Waals surface area contributed by atoms with E-state index in [-0.39, 0.29) is 23.7 Å². The molecule has 0 bridgehead atoms. The van der Waals surface area contributed by atoms with Crippen LogP contribution < -0.4 is 4.90 Å². The Labute approximate surface area is 157 Å². The molecule has 2 heterocycles. The molecule has 1 saturated carbocycles. The van der Waals surface area contributed by atoms with Crippen LogP contribution in [0.1, 0.15) is 41.6 Å². The van der Waals surface area contributed by atoms with Crippen molar-refractivity contribution < 1.29 is 18.4 Å². The average molecular weight is 374 g/mol. The summed E-state index contributed by atoms with van der Waals surface area (Å²) in [6, 6.07) is 5.40. The lowest BCUT2D eigenvalue weighted by molar-refractivity contribution is -0.114. The Morgan fingerprint density at radius 2 is 2.04 bits per heavy atom.